The molecule has 0 saturated carbocycles. The Morgan fingerprint density at radius 3 is 2.79 bits per heavy atom. The van der Waals surface area contributed by atoms with E-state index >= 15 is 0 Å². The fourth-order valence-corrected chi connectivity index (χ4v) is 2.35. The minimum absolute atomic E-state index is 0.00329. The monoisotopic (exact) mass is 263 g/mol. The minimum Gasteiger partial charge on any atom is -0.379 e. The van der Waals surface area contributed by atoms with Gasteiger partial charge in [0.05, 0.1) is 12.6 Å². The molecular weight excluding hydrogens is 242 g/mol. The average molecular weight is 263 g/mol. The number of rotatable bonds is 5. The number of carbonyl (C=O) groups is 1. The number of hydrogen-bond acceptors (Lipinski definition) is 3. The van der Waals surface area contributed by atoms with Gasteiger partial charge < -0.3 is 14.4 Å². The van der Waals surface area contributed by atoms with Crippen molar-refractivity contribution in [1.29, 1.82) is 0 Å². The highest BCUT2D eigenvalue weighted by molar-refractivity contribution is 5.97. The Morgan fingerprint density at radius 1 is 1.47 bits per heavy atom. The lowest BCUT2D eigenvalue weighted by atomic mass is 10.1. The second-order valence-electron chi connectivity index (χ2n) is 4.66. The van der Waals surface area contributed by atoms with Crippen LogP contribution < -0.4 is 4.90 Å². The first kappa shape index (κ1) is 14.0. The predicted octanol–water partition coefficient (Wildman–Crippen LogP) is 2.23. The molecule has 1 amide bonds. The number of anilines is 1. The summed E-state index contributed by atoms with van der Waals surface area (Å²) in [7, 11) is 0. The van der Waals surface area contributed by atoms with Crippen molar-refractivity contribution in [1.82, 2.24) is 0 Å². The van der Waals surface area contributed by atoms with Crippen molar-refractivity contribution < 1.29 is 14.3 Å². The van der Waals surface area contributed by atoms with Gasteiger partial charge in [-0.2, -0.15) is 0 Å². The second-order valence-corrected chi connectivity index (χ2v) is 4.66. The summed E-state index contributed by atoms with van der Waals surface area (Å²) in [5.41, 5.74) is 0.912. The molecule has 1 aromatic rings. The topological polar surface area (TPSA) is 38.8 Å². The maximum Gasteiger partial charge on any atom is 0.256 e. The molecule has 0 bridgehead atoms. The van der Waals surface area contributed by atoms with Crippen molar-refractivity contribution in [3.8, 4) is 0 Å². The van der Waals surface area contributed by atoms with E-state index in [1.54, 1.807) is 6.92 Å². The van der Waals surface area contributed by atoms with Crippen molar-refractivity contribution in [2.24, 2.45) is 0 Å². The van der Waals surface area contributed by atoms with Gasteiger partial charge in [0.15, 0.2) is 0 Å². The molecule has 1 aliphatic rings. The van der Waals surface area contributed by atoms with Crippen LogP contribution in [0.4, 0.5) is 5.69 Å². The van der Waals surface area contributed by atoms with Crippen molar-refractivity contribution >= 4 is 11.6 Å². The summed E-state index contributed by atoms with van der Waals surface area (Å²) >= 11 is 0. The highest BCUT2D eigenvalue weighted by Gasteiger charge is 2.31. The van der Waals surface area contributed by atoms with Crippen molar-refractivity contribution in [3.05, 3.63) is 30.3 Å². The molecule has 2 rings (SSSR count). The van der Waals surface area contributed by atoms with E-state index < -0.39 is 6.10 Å². The Morgan fingerprint density at radius 2 is 2.21 bits per heavy atom. The molecule has 1 aliphatic heterocycles. The van der Waals surface area contributed by atoms with Crippen molar-refractivity contribution in [2.45, 2.75) is 32.4 Å². The number of para-hydroxylation sites is 1. The molecule has 0 N–H and O–H groups in total. The zero-order chi connectivity index (χ0) is 13.7. The van der Waals surface area contributed by atoms with Crippen LogP contribution in [0.3, 0.4) is 0 Å². The van der Waals surface area contributed by atoms with Gasteiger partial charge in [-0.25, -0.2) is 0 Å². The van der Waals surface area contributed by atoms with Crippen LogP contribution in [0.2, 0.25) is 0 Å². The minimum atomic E-state index is -0.425. The van der Waals surface area contributed by atoms with Gasteiger partial charge in [0.1, 0.15) is 6.10 Å². The Kier molecular flexibility index (Phi) is 4.93. The molecule has 4 nitrogen and oxygen atoms in total. The summed E-state index contributed by atoms with van der Waals surface area (Å²) in [6, 6.07) is 9.85. The van der Waals surface area contributed by atoms with Gasteiger partial charge in [-0.1, -0.05) is 18.2 Å². The summed E-state index contributed by atoms with van der Waals surface area (Å²) in [4.78, 5) is 14.4. The number of benzene rings is 1. The van der Waals surface area contributed by atoms with Crippen molar-refractivity contribution in [2.75, 3.05) is 24.7 Å². The number of ether oxygens (including phenoxy) is 2. The quantitative estimate of drug-likeness (QED) is 0.817. The molecular formula is C15H21NO3. The maximum absolute atomic E-state index is 12.6. The highest BCUT2D eigenvalue weighted by Crippen LogP contribution is 2.23. The Bertz CT molecular complexity index is 401. The summed E-state index contributed by atoms with van der Waals surface area (Å²) in [5, 5.41) is 0. The first-order valence-electron chi connectivity index (χ1n) is 6.81. The molecule has 0 aromatic heterocycles. The number of hydrogen-bond donors (Lipinski definition) is 0. The molecule has 0 aliphatic carbocycles. The van der Waals surface area contributed by atoms with Gasteiger partial charge in [0.25, 0.3) is 5.91 Å². The standard InChI is InChI=1S/C15H21NO3/c1-3-19-12(2)15(17)16(14-9-10-18-11-14)13-7-5-4-6-8-13/h4-8,12,14H,3,9-11H2,1-2H3/t12-,14+/m1/s1. The Balaban J connectivity index is 2.21. The molecule has 0 unspecified atom stereocenters. The van der Waals surface area contributed by atoms with E-state index in [1.807, 2.05) is 42.2 Å². The Labute approximate surface area is 114 Å². The molecule has 1 saturated heterocycles. The SMILES string of the molecule is CCO[C@H](C)C(=O)N(c1ccccc1)[C@H]1CCOC1. The van der Waals surface area contributed by atoms with E-state index in [1.165, 1.54) is 0 Å². The molecule has 0 spiro atoms. The van der Waals surface area contributed by atoms with Crippen molar-refractivity contribution in [3.63, 3.8) is 0 Å². The van der Waals surface area contributed by atoms with E-state index in [4.69, 9.17) is 9.47 Å². The lowest BCUT2D eigenvalue weighted by molar-refractivity contribution is -0.129. The van der Waals surface area contributed by atoms with E-state index in [0.29, 0.717) is 19.8 Å². The van der Waals surface area contributed by atoms with Crippen LogP contribution in [0.5, 0.6) is 0 Å². The molecule has 19 heavy (non-hydrogen) atoms. The smallest absolute Gasteiger partial charge is 0.256 e. The van der Waals surface area contributed by atoms with Crippen LogP contribution in [-0.4, -0.2) is 37.9 Å². The van der Waals surface area contributed by atoms with Crippen LogP contribution in [-0.2, 0) is 14.3 Å². The van der Waals surface area contributed by atoms with Gasteiger partial charge in [0, 0.05) is 18.9 Å². The van der Waals surface area contributed by atoms with Crippen LogP contribution >= 0.6 is 0 Å². The third kappa shape index (κ3) is 3.33. The highest BCUT2D eigenvalue weighted by atomic mass is 16.5. The summed E-state index contributed by atoms with van der Waals surface area (Å²) in [6.45, 7) is 5.55. The molecule has 1 aromatic carbocycles. The summed E-state index contributed by atoms with van der Waals surface area (Å²) in [6.07, 6.45) is 0.449. The molecule has 2 atom stereocenters. The third-order valence-electron chi connectivity index (χ3n) is 3.31. The van der Waals surface area contributed by atoms with E-state index in [-0.39, 0.29) is 11.9 Å². The summed E-state index contributed by atoms with van der Waals surface area (Å²) < 4.78 is 10.8. The molecule has 1 fully saturated rings. The van der Waals surface area contributed by atoms with Gasteiger partial charge in [-0.3, -0.25) is 4.79 Å². The van der Waals surface area contributed by atoms with E-state index in [2.05, 4.69) is 0 Å². The first-order valence-corrected chi connectivity index (χ1v) is 6.81. The Hall–Kier alpha value is -1.39. The maximum atomic E-state index is 12.6. The van der Waals surface area contributed by atoms with E-state index in [9.17, 15) is 4.79 Å². The lowest BCUT2D eigenvalue weighted by Crippen LogP contribution is -2.46. The largest absolute Gasteiger partial charge is 0.379 e. The van der Waals surface area contributed by atoms with Crippen LogP contribution in [0.25, 0.3) is 0 Å². The average Bonchev–Trinajstić information content (AvgIpc) is 2.94. The zero-order valence-corrected chi connectivity index (χ0v) is 11.5. The first-order chi connectivity index (χ1) is 9.24. The number of amides is 1. The van der Waals surface area contributed by atoms with Gasteiger partial charge >= 0.3 is 0 Å². The second kappa shape index (κ2) is 6.68. The molecule has 0 radical (unpaired) electrons. The zero-order valence-electron chi connectivity index (χ0n) is 11.5. The fraction of sp³-hybridized carbons (Fsp3) is 0.533. The van der Waals surface area contributed by atoms with E-state index in [0.717, 1.165) is 12.1 Å². The van der Waals surface area contributed by atoms with Gasteiger partial charge in [-0.15, -0.1) is 0 Å². The van der Waals surface area contributed by atoms with Gasteiger partial charge in [0.2, 0.25) is 0 Å². The lowest BCUT2D eigenvalue weighted by Gasteiger charge is -2.30. The fourth-order valence-electron chi connectivity index (χ4n) is 2.35. The predicted molar refractivity (Wildman–Crippen MR) is 74.2 cm³/mol. The van der Waals surface area contributed by atoms with Gasteiger partial charge in [-0.05, 0) is 32.4 Å². The normalized spacial score (nSPS) is 20.2. The van der Waals surface area contributed by atoms with Crippen LogP contribution in [0.1, 0.15) is 20.3 Å². The number of nitrogens with zero attached hydrogens (tertiary/aromatic N) is 1. The molecule has 4 heteroatoms. The van der Waals surface area contributed by atoms with Crippen LogP contribution in [0, 0.1) is 0 Å². The number of carbonyl (C=O) groups excluding carboxylic acids is 1. The summed E-state index contributed by atoms with van der Waals surface area (Å²) in [5.74, 6) is 0.00329. The molecule has 104 valence electrons. The third-order valence-corrected chi connectivity index (χ3v) is 3.31. The van der Waals surface area contributed by atoms with Crippen LogP contribution in [0.15, 0.2) is 30.3 Å². The molecule has 1 heterocycles.